The Hall–Kier alpha value is -1.99. The molecule has 1 fully saturated rings. The van der Waals surface area contributed by atoms with Gasteiger partial charge in [-0.25, -0.2) is 0 Å². The normalized spacial score (nSPS) is 26.0. The smallest absolute Gasteiger partial charge is 0.286 e. The summed E-state index contributed by atoms with van der Waals surface area (Å²) in [5.74, 6) is 0.101. The van der Waals surface area contributed by atoms with Crippen LogP contribution < -0.4 is 4.74 Å². The Balaban J connectivity index is 1.80. The monoisotopic (exact) mass is 348 g/mol. The maximum Gasteiger partial charge on any atom is 0.286 e. The summed E-state index contributed by atoms with van der Waals surface area (Å²) in [6.45, 7) is 5.44. The molecular formula is C17H20N2O4S. The molecule has 7 heteroatoms. The van der Waals surface area contributed by atoms with Crippen LogP contribution >= 0.6 is 11.8 Å². The maximum atomic E-state index is 12.2. The fourth-order valence-electron chi connectivity index (χ4n) is 2.83. The molecule has 24 heavy (non-hydrogen) atoms. The van der Waals surface area contributed by atoms with Gasteiger partial charge in [0.15, 0.2) is 16.7 Å². The van der Waals surface area contributed by atoms with Crippen LogP contribution in [0.15, 0.2) is 28.1 Å². The van der Waals surface area contributed by atoms with Gasteiger partial charge in [0.25, 0.3) is 5.91 Å². The Bertz CT molecular complexity index is 707. The van der Waals surface area contributed by atoms with E-state index in [0.29, 0.717) is 34.5 Å². The zero-order valence-electron chi connectivity index (χ0n) is 13.9. The van der Waals surface area contributed by atoms with Crippen molar-refractivity contribution in [1.29, 1.82) is 0 Å². The van der Waals surface area contributed by atoms with Crippen molar-refractivity contribution in [2.45, 2.75) is 26.1 Å². The summed E-state index contributed by atoms with van der Waals surface area (Å²) in [6.07, 6.45) is 1.85. The second kappa shape index (κ2) is 6.86. The summed E-state index contributed by atoms with van der Waals surface area (Å²) in [6, 6.07) is 5.16. The van der Waals surface area contributed by atoms with Crippen LogP contribution in [-0.2, 0) is 9.53 Å². The number of amides is 1. The molecule has 0 saturated carbocycles. The van der Waals surface area contributed by atoms with Crippen molar-refractivity contribution in [1.82, 2.24) is 4.90 Å². The van der Waals surface area contributed by atoms with Crippen LogP contribution in [0, 0.1) is 0 Å². The van der Waals surface area contributed by atoms with E-state index in [0.717, 1.165) is 0 Å². The van der Waals surface area contributed by atoms with Gasteiger partial charge in [0.05, 0.1) is 24.2 Å². The molecule has 0 bridgehead atoms. The van der Waals surface area contributed by atoms with E-state index in [4.69, 9.17) is 9.47 Å². The van der Waals surface area contributed by atoms with Crippen molar-refractivity contribution in [3.8, 4) is 11.5 Å². The van der Waals surface area contributed by atoms with Gasteiger partial charge in [0, 0.05) is 18.7 Å². The maximum absolute atomic E-state index is 12.2. The van der Waals surface area contributed by atoms with E-state index in [2.05, 4.69) is 9.89 Å². The third-order valence-electron chi connectivity index (χ3n) is 3.84. The molecule has 1 aromatic rings. The number of morpholine rings is 1. The molecule has 1 saturated heterocycles. The molecular weight excluding hydrogens is 328 g/mol. The Morgan fingerprint density at radius 1 is 1.38 bits per heavy atom. The number of phenols is 1. The van der Waals surface area contributed by atoms with Crippen molar-refractivity contribution in [2.24, 2.45) is 4.99 Å². The number of benzene rings is 1. The third-order valence-corrected chi connectivity index (χ3v) is 4.88. The van der Waals surface area contributed by atoms with Crippen molar-refractivity contribution in [2.75, 3.05) is 20.2 Å². The van der Waals surface area contributed by atoms with Crippen LogP contribution in [0.1, 0.15) is 19.4 Å². The van der Waals surface area contributed by atoms with Crippen molar-refractivity contribution in [3.05, 3.63) is 28.7 Å². The van der Waals surface area contributed by atoms with Gasteiger partial charge in [-0.15, -0.1) is 0 Å². The van der Waals surface area contributed by atoms with Crippen LogP contribution in [0.2, 0.25) is 0 Å². The Morgan fingerprint density at radius 3 is 2.75 bits per heavy atom. The molecule has 2 aliphatic rings. The highest BCUT2D eigenvalue weighted by molar-refractivity contribution is 8.18. The molecule has 2 atom stereocenters. The van der Waals surface area contributed by atoms with Crippen LogP contribution in [0.4, 0.5) is 0 Å². The quantitative estimate of drug-likeness (QED) is 0.828. The summed E-state index contributed by atoms with van der Waals surface area (Å²) in [5.41, 5.74) is 0.533. The largest absolute Gasteiger partial charge is 0.504 e. The molecule has 0 aliphatic carbocycles. The number of aliphatic imine (C=N–C) groups is 1. The van der Waals surface area contributed by atoms with E-state index < -0.39 is 0 Å². The minimum absolute atomic E-state index is 0.0166. The Labute approximate surface area is 145 Å². The second-order valence-corrected chi connectivity index (χ2v) is 6.88. The molecule has 0 spiro atoms. The number of nitrogens with zero attached hydrogens (tertiary/aromatic N) is 2. The number of carbonyl (C=O) groups is 1. The number of hydrogen-bond acceptors (Lipinski definition) is 6. The number of aromatic hydroxyl groups is 1. The molecule has 0 radical (unpaired) electrons. The number of phenolic OH excluding ortho intramolecular Hbond substituents is 1. The van der Waals surface area contributed by atoms with E-state index in [1.165, 1.54) is 18.9 Å². The Morgan fingerprint density at radius 2 is 2.08 bits per heavy atom. The second-order valence-electron chi connectivity index (χ2n) is 5.87. The average molecular weight is 348 g/mol. The zero-order valence-corrected chi connectivity index (χ0v) is 14.7. The standard InChI is InChI=1S/C17H20N2O4S/c1-10-8-19(9-11(2)23-10)17-18-16(21)14(24-17)7-12-5-4-6-13(22-3)15(12)20/h4-7,10-11,20H,8-9H2,1-3H3/b14-7+/t10-,11+. The van der Waals surface area contributed by atoms with Crippen LogP contribution in [-0.4, -0.2) is 53.5 Å². The minimum atomic E-state index is -0.288. The molecule has 128 valence electrons. The lowest BCUT2D eigenvalue weighted by atomic mass is 10.1. The van der Waals surface area contributed by atoms with E-state index in [9.17, 15) is 9.90 Å². The van der Waals surface area contributed by atoms with E-state index in [1.54, 1.807) is 24.3 Å². The number of amidine groups is 1. The van der Waals surface area contributed by atoms with Gasteiger partial charge in [-0.3, -0.25) is 4.79 Å². The lowest BCUT2D eigenvalue weighted by molar-refractivity contribution is -0.113. The summed E-state index contributed by atoms with van der Waals surface area (Å²) in [4.78, 5) is 18.9. The van der Waals surface area contributed by atoms with Crippen LogP contribution in [0.3, 0.4) is 0 Å². The summed E-state index contributed by atoms with van der Waals surface area (Å²) < 4.78 is 10.8. The highest BCUT2D eigenvalue weighted by Gasteiger charge is 2.31. The first kappa shape index (κ1) is 16.9. The summed E-state index contributed by atoms with van der Waals surface area (Å²) in [7, 11) is 1.49. The van der Waals surface area contributed by atoms with Gasteiger partial charge in [-0.2, -0.15) is 4.99 Å². The number of thioether (sulfide) groups is 1. The van der Waals surface area contributed by atoms with Gasteiger partial charge in [-0.05, 0) is 37.8 Å². The van der Waals surface area contributed by atoms with Crippen LogP contribution in [0.25, 0.3) is 6.08 Å². The fourth-order valence-corrected chi connectivity index (χ4v) is 3.75. The third kappa shape index (κ3) is 3.42. The van der Waals surface area contributed by atoms with Gasteiger partial charge >= 0.3 is 0 Å². The number of methoxy groups -OCH3 is 1. The van der Waals surface area contributed by atoms with E-state index in [1.807, 2.05) is 13.8 Å². The summed E-state index contributed by atoms with van der Waals surface area (Å²) >= 11 is 1.33. The first-order valence-electron chi connectivity index (χ1n) is 7.77. The van der Waals surface area contributed by atoms with Gasteiger partial charge in [0.1, 0.15) is 0 Å². The number of para-hydroxylation sites is 1. The van der Waals surface area contributed by atoms with Crippen molar-refractivity contribution in [3.63, 3.8) is 0 Å². The lowest BCUT2D eigenvalue weighted by Crippen LogP contribution is -2.47. The molecule has 1 aromatic carbocycles. The molecule has 0 aromatic heterocycles. The zero-order chi connectivity index (χ0) is 17.3. The SMILES string of the molecule is COc1cccc(/C=C2/SC(N3C[C@@H](C)O[C@@H](C)C3)=NC2=O)c1O. The van der Waals surface area contributed by atoms with E-state index >= 15 is 0 Å². The highest BCUT2D eigenvalue weighted by Crippen LogP contribution is 2.36. The van der Waals surface area contributed by atoms with Crippen molar-refractivity contribution >= 4 is 28.9 Å². The summed E-state index contributed by atoms with van der Waals surface area (Å²) in [5, 5.41) is 10.9. The predicted octanol–water partition coefficient (Wildman–Crippen LogP) is 2.48. The molecule has 3 rings (SSSR count). The fraction of sp³-hybridized carbons (Fsp3) is 0.412. The molecule has 6 nitrogen and oxygen atoms in total. The average Bonchev–Trinajstić information content (AvgIpc) is 2.89. The topological polar surface area (TPSA) is 71.4 Å². The number of carbonyl (C=O) groups excluding carboxylic acids is 1. The highest BCUT2D eigenvalue weighted by atomic mass is 32.2. The molecule has 2 heterocycles. The minimum Gasteiger partial charge on any atom is -0.504 e. The first-order valence-corrected chi connectivity index (χ1v) is 8.58. The Kier molecular flexibility index (Phi) is 4.82. The van der Waals surface area contributed by atoms with Crippen LogP contribution in [0.5, 0.6) is 11.5 Å². The lowest BCUT2D eigenvalue weighted by Gasteiger charge is -2.35. The number of ether oxygens (including phenoxy) is 2. The molecule has 0 unspecified atom stereocenters. The van der Waals surface area contributed by atoms with Crippen molar-refractivity contribution < 1.29 is 19.4 Å². The molecule has 2 aliphatic heterocycles. The number of rotatable bonds is 2. The number of hydrogen-bond donors (Lipinski definition) is 1. The predicted molar refractivity (Wildman–Crippen MR) is 94.3 cm³/mol. The molecule has 1 N–H and O–H groups in total. The van der Waals surface area contributed by atoms with Gasteiger partial charge in [0.2, 0.25) is 0 Å². The van der Waals surface area contributed by atoms with Gasteiger partial charge in [-0.1, -0.05) is 12.1 Å². The van der Waals surface area contributed by atoms with Gasteiger partial charge < -0.3 is 19.5 Å². The van der Waals surface area contributed by atoms with E-state index in [-0.39, 0.29) is 23.9 Å². The molecule has 1 amide bonds. The first-order chi connectivity index (χ1) is 11.5.